The number of hydrogen-bond acceptors (Lipinski definition) is 7. The maximum atomic E-state index is 14.8. The summed E-state index contributed by atoms with van der Waals surface area (Å²) in [6.45, 7) is 26.4. The van der Waals surface area contributed by atoms with E-state index in [1.165, 1.54) is 5.57 Å². The van der Waals surface area contributed by atoms with Crippen molar-refractivity contribution < 1.29 is 32.2 Å². The Morgan fingerprint density at radius 3 is 2.25 bits per heavy atom. The molecule has 2 aromatic rings. The number of sulfonamides is 1. The van der Waals surface area contributed by atoms with E-state index in [1.54, 1.807) is 19.2 Å². The molecule has 9 heteroatoms. The molecule has 0 aromatic heterocycles. The van der Waals surface area contributed by atoms with Crippen LogP contribution < -0.4 is 4.72 Å². The van der Waals surface area contributed by atoms with Gasteiger partial charge in [-0.25, -0.2) is 13.1 Å². The van der Waals surface area contributed by atoms with Gasteiger partial charge in [-0.2, -0.15) is 0 Å². The Hall–Kier alpha value is -2.56. The smallest absolute Gasteiger partial charge is 0.310 e. The van der Waals surface area contributed by atoms with Gasteiger partial charge in [0.2, 0.25) is 10.0 Å². The highest BCUT2D eigenvalue weighted by atomic mass is 32.2. The largest absolute Gasteiger partial charge is 0.461 e. The summed E-state index contributed by atoms with van der Waals surface area (Å²) in [5, 5.41) is 0. The van der Waals surface area contributed by atoms with E-state index >= 15 is 0 Å². The van der Waals surface area contributed by atoms with E-state index in [1.807, 2.05) is 49.4 Å². The molecule has 1 heterocycles. The Bertz CT molecular complexity index is 2010. The number of rotatable bonds is 12. The third-order valence-electron chi connectivity index (χ3n) is 17.7. The average molecular weight is 846 g/mol. The molecule has 4 fully saturated rings. The molecule has 1 N–H and O–H groups in total. The molecule has 1 saturated heterocycles. The standard InChI is InChI=1S/C51H75NO7S/c1-33(2)35(4)47(8)26-27-49(10)38-22-23-41-48(9)31-57-32-51(41,39(38)24-25-50(49,11)43(47)45(53)59-29-36-16-14-13-15-17-36)28-40(56-12)44(48)58-30-42(46(5,6)7)52-60(54,55)37-20-18-34(3)19-21-37/h13-21,24,33,35,38,40-44,52H,22-23,25-32H2,1-12H3/t35-,38+,40-,41+,42-,43-,44+,47-,48+,49-,50+,51+/m1/s1. The van der Waals surface area contributed by atoms with Gasteiger partial charge in [0.15, 0.2) is 0 Å². The van der Waals surface area contributed by atoms with Crippen molar-refractivity contribution in [1.29, 1.82) is 0 Å². The normalized spacial score (nSPS) is 37.5. The van der Waals surface area contributed by atoms with Crippen molar-refractivity contribution in [2.24, 2.45) is 62.1 Å². The lowest BCUT2D eigenvalue weighted by Gasteiger charge is -2.71. The van der Waals surface area contributed by atoms with Crippen molar-refractivity contribution in [3.05, 3.63) is 77.4 Å². The highest BCUT2D eigenvalue weighted by Crippen LogP contribution is 2.75. The lowest BCUT2D eigenvalue weighted by molar-refractivity contribution is -0.268. The summed E-state index contributed by atoms with van der Waals surface area (Å²) in [5.74, 6) is 1.09. The van der Waals surface area contributed by atoms with Gasteiger partial charge in [0, 0.05) is 17.9 Å². The molecule has 5 aliphatic rings. The predicted octanol–water partition coefficient (Wildman–Crippen LogP) is 10.3. The summed E-state index contributed by atoms with van der Waals surface area (Å²) in [6.07, 6.45) is 7.80. The first kappa shape index (κ1) is 45.5. The number of carbonyl (C=O) groups excluding carboxylic acids is 1. The summed E-state index contributed by atoms with van der Waals surface area (Å²) in [6, 6.07) is 16.6. The van der Waals surface area contributed by atoms with Crippen LogP contribution in [-0.2, 0) is 40.4 Å². The molecule has 0 spiro atoms. The third kappa shape index (κ3) is 7.46. The van der Waals surface area contributed by atoms with Gasteiger partial charge in [-0.05, 0) is 108 Å². The second-order valence-electron chi connectivity index (χ2n) is 22.2. The van der Waals surface area contributed by atoms with Crippen LogP contribution in [-0.4, -0.2) is 59.6 Å². The fourth-order valence-electron chi connectivity index (χ4n) is 13.5. The van der Waals surface area contributed by atoms with Gasteiger partial charge < -0.3 is 18.9 Å². The Labute approximate surface area is 362 Å². The molecule has 4 aliphatic carbocycles. The summed E-state index contributed by atoms with van der Waals surface area (Å²) in [7, 11) is -1.98. The molecule has 0 radical (unpaired) electrons. The van der Waals surface area contributed by atoms with E-state index in [0.29, 0.717) is 36.9 Å². The number of hydrogen-bond donors (Lipinski definition) is 1. The Morgan fingerprint density at radius 2 is 1.62 bits per heavy atom. The van der Waals surface area contributed by atoms with Crippen molar-refractivity contribution in [2.75, 3.05) is 26.9 Å². The van der Waals surface area contributed by atoms with Gasteiger partial charge in [-0.3, -0.25) is 4.79 Å². The van der Waals surface area contributed by atoms with Gasteiger partial charge in [0.05, 0.1) is 48.9 Å². The monoisotopic (exact) mass is 846 g/mol. The fraction of sp³-hybridized carbons (Fsp3) is 0.706. The molecule has 8 nitrogen and oxygen atoms in total. The number of esters is 1. The highest BCUT2D eigenvalue weighted by Gasteiger charge is 2.72. The number of methoxy groups -OCH3 is 1. The number of carbonyl (C=O) groups is 1. The van der Waals surface area contributed by atoms with E-state index in [4.69, 9.17) is 18.9 Å². The molecule has 2 aromatic carbocycles. The maximum Gasteiger partial charge on any atom is 0.310 e. The first-order valence-corrected chi connectivity index (χ1v) is 24.3. The summed E-state index contributed by atoms with van der Waals surface area (Å²) < 4.78 is 57.0. The first-order chi connectivity index (χ1) is 28.1. The van der Waals surface area contributed by atoms with Gasteiger partial charge >= 0.3 is 5.97 Å². The van der Waals surface area contributed by atoms with E-state index < -0.39 is 21.5 Å². The maximum absolute atomic E-state index is 14.8. The molecule has 0 unspecified atom stereocenters. The number of allylic oxidation sites excluding steroid dienone is 1. The first-order valence-electron chi connectivity index (χ1n) is 22.8. The molecule has 12 atom stereocenters. The van der Waals surface area contributed by atoms with Gasteiger partial charge in [-0.1, -0.05) is 129 Å². The molecule has 3 saturated carbocycles. The molecule has 7 rings (SSSR count). The van der Waals surface area contributed by atoms with Crippen LogP contribution >= 0.6 is 0 Å². The van der Waals surface area contributed by atoms with E-state index in [2.05, 4.69) is 80.0 Å². The Kier molecular flexibility index (Phi) is 12.3. The summed E-state index contributed by atoms with van der Waals surface area (Å²) in [5.41, 5.74) is 1.92. The van der Waals surface area contributed by atoms with Gasteiger partial charge in [0.25, 0.3) is 0 Å². The molecule has 60 heavy (non-hydrogen) atoms. The number of fused-ring (bicyclic) bond motifs is 3. The van der Waals surface area contributed by atoms with Crippen LogP contribution in [0.25, 0.3) is 0 Å². The zero-order chi connectivity index (χ0) is 43.7. The minimum Gasteiger partial charge on any atom is -0.461 e. The van der Waals surface area contributed by atoms with Crippen LogP contribution in [0.5, 0.6) is 0 Å². The zero-order valence-electron chi connectivity index (χ0n) is 38.7. The van der Waals surface area contributed by atoms with E-state index in [-0.39, 0.29) is 69.3 Å². The second-order valence-corrected chi connectivity index (χ2v) is 23.9. The summed E-state index contributed by atoms with van der Waals surface area (Å²) in [4.78, 5) is 15.1. The van der Waals surface area contributed by atoms with Crippen molar-refractivity contribution in [2.45, 2.75) is 144 Å². The lowest BCUT2D eigenvalue weighted by atomic mass is 9.34. The van der Waals surface area contributed by atoms with Crippen LogP contribution in [0.15, 0.2) is 71.1 Å². The van der Waals surface area contributed by atoms with Gasteiger partial charge in [0.1, 0.15) is 6.61 Å². The second kappa shape index (κ2) is 16.2. The van der Waals surface area contributed by atoms with Crippen molar-refractivity contribution in [1.82, 2.24) is 4.72 Å². The number of benzene rings is 2. The molecule has 2 bridgehead atoms. The average Bonchev–Trinajstić information content (AvgIpc) is 3.19. The van der Waals surface area contributed by atoms with Gasteiger partial charge in [-0.15, -0.1) is 0 Å². The SMILES string of the molecule is CO[C@@H]1C[C@@]23COC[C@@](C)([C@@H]2CC[C@H]2C3=CC[C@@]3(C)[C@H](C(=O)OCc4ccccc4)[C@@](C)([C@H](C)C(C)C)CC[C@]23C)[C@H]1OC[C@@H](NS(=O)(=O)c1ccc(C)cc1)C(C)(C)C. The summed E-state index contributed by atoms with van der Waals surface area (Å²) >= 11 is 0. The van der Waals surface area contributed by atoms with Crippen molar-refractivity contribution in [3.63, 3.8) is 0 Å². The van der Waals surface area contributed by atoms with Crippen LogP contribution in [0.1, 0.15) is 119 Å². The highest BCUT2D eigenvalue weighted by molar-refractivity contribution is 7.89. The Balaban J connectivity index is 1.20. The van der Waals surface area contributed by atoms with E-state index in [9.17, 15) is 13.2 Å². The third-order valence-corrected chi connectivity index (χ3v) is 19.2. The fourth-order valence-corrected chi connectivity index (χ4v) is 14.9. The minimum absolute atomic E-state index is 0.0497. The quantitative estimate of drug-likeness (QED) is 0.168. The molecule has 1 aliphatic heterocycles. The number of aryl methyl sites for hydroxylation is 1. The van der Waals surface area contributed by atoms with Crippen molar-refractivity contribution in [3.8, 4) is 0 Å². The zero-order valence-corrected chi connectivity index (χ0v) is 39.5. The van der Waals surface area contributed by atoms with Crippen LogP contribution in [0.4, 0.5) is 0 Å². The Morgan fingerprint density at radius 1 is 0.933 bits per heavy atom. The lowest BCUT2D eigenvalue weighted by Crippen LogP contribution is -2.70. The van der Waals surface area contributed by atoms with Crippen LogP contribution in [0.3, 0.4) is 0 Å². The molecular formula is C51H75NO7S. The minimum atomic E-state index is -3.78. The molecular weight excluding hydrogens is 771 g/mol. The van der Waals surface area contributed by atoms with Crippen LogP contribution in [0.2, 0.25) is 0 Å². The molecule has 332 valence electrons. The van der Waals surface area contributed by atoms with Crippen molar-refractivity contribution >= 4 is 16.0 Å². The number of nitrogens with one attached hydrogen (secondary N) is 1. The number of ether oxygens (including phenoxy) is 4. The topological polar surface area (TPSA) is 100 Å². The predicted molar refractivity (Wildman–Crippen MR) is 237 cm³/mol. The van der Waals surface area contributed by atoms with E-state index in [0.717, 1.165) is 49.7 Å². The van der Waals surface area contributed by atoms with Crippen LogP contribution in [0, 0.1) is 69.0 Å². The molecule has 0 amide bonds.